The minimum atomic E-state index is -3.61. The Bertz CT molecular complexity index is 596. The molecule has 1 fully saturated rings. The van der Waals surface area contributed by atoms with Crippen molar-refractivity contribution in [1.82, 2.24) is 4.72 Å². The second-order valence-corrected chi connectivity index (χ2v) is 6.86. The molecular formula is C14H19NO5S. The molecule has 1 aliphatic rings. The molecule has 0 radical (unpaired) electrons. The Kier molecular flexibility index (Phi) is 4.97. The molecule has 6 nitrogen and oxygen atoms in total. The van der Waals surface area contributed by atoms with Gasteiger partial charge in [0.25, 0.3) is 0 Å². The van der Waals surface area contributed by atoms with Gasteiger partial charge in [-0.15, -0.1) is 0 Å². The third kappa shape index (κ3) is 4.03. The predicted octanol–water partition coefficient (Wildman–Crippen LogP) is 1.16. The van der Waals surface area contributed by atoms with Crippen molar-refractivity contribution in [3.05, 3.63) is 29.8 Å². The number of methoxy groups -OCH3 is 1. The molecule has 2 atom stereocenters. The highest BCUT2D eigenvalue weighted by Crippen LogP contribution is 2.23. The molecule has 0 spiro atoms. The molecule has 1 aromatic rings. The first-order valence-electron chi connectivity index (χ1n) is 6.78. The van der Waals surface area contributed by atoms with E-state index in [1.807, 2.05) is 0 Å². The first kappa shape index (κ1) is 15.9. The van der Waals surface area contributed by atoms with Crippen molar-refractivity contribution in [2.24, 2.45) is 0 Å². The Morgan fingerprint density at radius 2 is 2.00 bits per heavy atom. The van der Waals surface area contributed by atoms with E-state index in [0.717, 1.165) is 19.3 Å². The monoisotopic (exact) mass is 313 g/mol. The third-order valence-corrected chi connectivity index (χ3v) is 5.16. The van der Waals surface area contributed by atoms with Crippen LogP contribution in [0.2, 0.25) is 0 Å². The average Bonchev–Trinajstić information content (AvgIpc) is 2.85. The van der Waals surface area contributed by atoms with E-state index < -0.39 is 16.0 Å². The van der Waals surface area contributed by atoms with Crippen molar-refractivity contribution < 1.29 is 23.1 Å². The van der Waals surface area contributed by atoms with E-state index in [0.29, 0.717) is 5.56 Å². The maximum Gasteiger partial charge on any atom is 0.307 e. The summed E-state index contributed by atoms with van der Waals surface area (Å²) in [7, 11) is -2.03. The second-order valence-electron chi connectivity index (χ2n) is 5.15. The predicted molar refractivity (Wildman–Crippen MR) is 76.5 cm³/mol. The molecule has 2 unspecified atom stereocenters. The van der Waals surface area contributed by atoms with Crippen LogP contribution in [-0.2, 0) is 26.0 Å². The molecule has 0 bridgehead atoms. The highest BCUT2D eigenvalue weighted by atomic mass is 32.2. The highest BCUT2D eigenvalue weighted by molar-refractivity contribution is 7.89. The summed E-state index contributed by atoms with van der Waals surface area (Å²) in [4.78, 5) is 10.7. The Hall–Kier alpha value is -1.44. The molecule has 0 aliphatic heterocycles. The summed E-state index contributed by atoms with van der Waals surface area (Å²) in [5, 5.41) is 8.70. The number of benzene rings is 1. The van der Waals surface area contributed by atoms with E-state index in [1.54, 1.807) is 7.11 Å². The fourth-order valence-electron chi connectivity index (χ4n) is 2.57. The van der Waals surface area contributed by atoms with Gasteiger partial charge in [-0.25, -0.2) is 13.1 Å². The summed E-state index contributed by atoms with van der Waals surface area (Å²) >= 11 is 0. The van der Waals surface area contributed by atoms with E-state index in [-0.39, 0.29) is 23.5 Å². The quantitative estimate of drug-likeness (QED) is 0.822. The first-order valence-corrected chi connectivity index (χ1v) is 8.26. The van der Waals surface area contributed by atoms with E-state index >= 15 is 0 Å². The Balaban J connectivity index is 2.10. The second kappa shape index (κ2) is 6.55. The molecule has 1 aromatic carbocycles. The van der Waals surface area contributed by atoms with E-state index in [1.165, 1.54) is 24.3 Å². The molecule has 0 saturated heterocycles. The maximum atomic E-state index is 12.3. The molecule has 0 amide bonds. The van der Waals surface area contributed by atoms with Crippen LogP contribution in [0.3, 0.4) is 0 Å². The van der Waals surface area contributed by atoms with Crippen LogP contribution in [0.5, 0.6) is 0 Å². The van der Waals surface area contributed by atoms with Crippen molar-refractivity contribution in [1.29, 1.82) is 0 Å². The van der Waals surface area contributed by atoms with Crippen LogP contribution in [0, 0.1) is 0 Å². The van der Waals surface area contributed by atoms with Crippen LogP contribution in [0.1, 0.15) is 24.8 Å². The van der Waals surface area contributed by atoms with Crippen molar-refractivity contribution in [3.63, 3.8) is 0 Å². The van der Waals surface area contributed by atoms with E-state index in [4.69, 9.17) is 9.84 Å². The number of ether oxygens (including phenoxy) is 1. The Labute approximate surface area is 124 Å². The van der Waals surface area contributed by atoms with Crippen LogP contribution >= 0.6 is 0 Å². The van der Waals surface area contributed by atoms with Crippen molar-refractivity contribution >= 4 is 16.0 Å². The Morgan fingerprint density at radius 3 is 2.57 bits per heavy atom. The van der Waals surface area contributed by atoms with Gasteiger partial charge < -0.3 is 9.84 Å². The van der Waals surface area contributed by atoms with E-state index in [2.05, 4.69) is 4.72 Å². The van der Waals surface area contributed by atoms with Gasteiger partial charge in [-0.1, -0.05) is 12.1 Å². The number of aliphatic carboxylic acids is 1. The molecule has 2 N–H and O–H groups in total. The lowest BCUT2D eigenvalue weighted by molar-refractivity contribution is -0.136. The van der Waals surface area contributed by atoms with Gasteiger partial charge in [0.2, 0.25) is 10.0 Å². The zero-order valence-corrected chi connectivity index (χ0v) is 12.6. The standard InChI is InChI=1S/C14H19NO5S/c1-20-13-4-2-3-12(13)15-21(18,19)11-7-5-10(6-8-11)9-14(16)17/h5-8,12-13,15H,2-4,9H2,1H3,(H,16,17). The Morgan fingerprint density at radius 1 is 1.33 bits per heavy atom. The van der Waals surface area contributed by atoms with Gasteiger partial charge in [-0.05, 0) is 37.0 Å². The van der Waals surface area contributed by atoms with Crippen LogP contribution < -0.4 is 4.72 Å². The van der Waals surface area contributed by atoms with Gasteiger partial charge in [0.15, 0.2) is 0 Å². The first-order chi connectivity index (χ1) is 9.92. The van der Waals surface area contributed by atoms with Gasteiger partial charge in [0, 0.05) is 13.2 Å². The maximum absolute atomic E-state index is 12.3. The molecular weight excluding hydrogens is 294 g/mol. The topological polar surface area (TPSA) is 92.7 Å². The van der Waals surface area contributed by atoms with Crippen molar-refractivity contribution in [3.8, 4) is 0 Å². The number of rotatable bonds is 6. The number of nitrogens with one attached hydrogen (secondary N) is 1. The lowest BCUT2D eigenvalue weighted by Gasteiger charge is -2.19. The number of carboxylic acid groups (broad SMARTS) is 1. The zero-order chi connectivity index (χ0) is 15.5. The lowest BCUT2D eigenvalue weighted by Crippen LogP contribution is -2.40. The van der Waals surface area contributed by atoms with Gasteiger partial charge >= 0.3 is 5.97 Å². The molecule has 0 heterocycles. The molecule has 21 heavy (non-hydrogen) atoms. The number of carboxylic acids is 1. The van der Waals surface area contributed by atoms with Crippen molar-refractivity contribution in [2.45, 2.75) is 42.7 Å². The van der Waals surface area contributed by atoms with Crippen LogP contribution in [0.15, 0.2) is 29.2 Å². The van der Waals surface area contributed by atoms with Gasteiger partial charge in [0.1, 0.15) is 0 Å². The summed E-state index contributed by atoms with van der Waals surface area (Å²) in [5.74, 6) is -0.947. The molecule has 1 aliphatic carbocycles. The minimum absolute atomic E-state index is 0.0916. The smallest absolute Gasteiger partial charge is 0.307 e. The fourth-order valence-corrected chi connectivity index (χ4v) is 3.87. The summed E-state index contributed by atoms with van der Waals surface area (Å²) in [5.41, 5.74) is 0.567. The van der Waals surface area contributed by atoms with Crippen molar-refractivity contribution in [2.75, 3.05) is 7.11 Å². The SMILES string of the molecule is COC1CCCC1NS(=O)(=O)c1ccc(CC(=O)O)cc1. The number of hydrogen-bond acceptors (Lipinski definition) is 4. The van der Waals surface area contributed by atoms with Gasteiger partial charge in [-0.3, -0.25) is 4.79 Å². The molecule has 0 aromatic heterocycles. The van der Waals surface area contributed by atoms with Crippen LogP contribution in [-0.4, -0.2) is 38.7 Å². The molecule has 2 rings (SSSR count). The fraction of sp³-hybridized carbons (Fsp3) is 0.500. The molecule has 1 saturated carbocycles. The normalized spacial score (nSPS) is 22.3. The number of carbonyl (C=O) groups is 1. The zero-order valence-electron chi connectivity index (χ0n) is 11.8. The van der Waals surface area contributed by atoms with Gasteiger partial charge in [-0.2, -0.15) is 0 Å². The minimum Gasteiger partial charge on any atom is -0.481 e. The van der Waals surface area contributed by atoms with Crippen LogP contribution in [0.25, 0.3) is 0 Å². The van der Waals surface area contributed by atoms with Crippen LogP contribution in [0.4, 0.5) is 0 Å². The number of hydrogen-bond donors (Lipinski definition) is 2. The molecule has 7 heteroatoms. The average molecular weight is 313 g/mol. The number of sulfonamides is 1. The summed E-state index contributed by atoms with van der Waals surface area (Å²) in [6, 6.07) is 5.68. The third-order valence-electron chi connectivity index (χ3n) is 3.65. The summed E-state index contributed by atoms with van der Waals surface area (Å²) in [6.07, 6.45) is 2.33. The summed E-state index contributed by atoms with van der Waals surface area (Å²) < 4.78 is 32.5. The lowest BCUT2D eigenvalue weighted by atomic mass is 10.2. The molecule has 116 valence electrons. The highest BCUT2D eigenvalue weighted by Gasteiger charge is 2.31. The van der Waals surface area contributed by atoms with E-state index in [9.17, 15) is 13.2 Å². The summed E-state index contributed by atoms with van der Waals surface area (Å²) in [6.45, 7) is 0. The largest absolute Gasteiger partial charge is 0.481 e. The van der Waals surface area contributed by atoms with Gasteiger partial charge in [0.05, 0.1) is 17.4 Å².